The highest BCUT2D eigenvalue weighted by Gasteiger charge is 2.25. The lowest BCUT2D eigenvalue weighted by atomic mass is 10.1. The monoisotopic (exact) mass is 505 g/mol. The Labute approximate surface area is 186 Å². The van der Waals surface area contributed by atoms with E-state index in [0.29, 0.717) is 6.61 Å². The number of nitrogens with one attached hydrogen (secondary N) is 1. The van der Waals surface area contributed by atoms with Gasteiger partial charge in [0.05, 0.1) is 25.9 Å². The van der Waals surface area contributed by atoms with Crippen molar-refractivity contribution in [1.82, 2.24) is 29.8 Å². The molecule has 1 N–H and O–H groups in total. The number of hydrogen-bond donors (Lipinski definition) is 1. The Kier molecular flexibility index (Phi) is 9.96. The van der Waals surface area contributed by atoms with Crippen LogP contribution < -0.4 is 5.32 Å². The van der Waals surface area contributed by atoms with E-state index in [2.05, 4.69) is 39.1 Å². The molecule has 2 saturated heterocycles. The number of aromatic nitrogens is 2. The van der Waals surface area contributed by atoms with Gasteiger partial charge in [0.25, 0.3) is 0 Å². The molecule has 9 heteroatoms. The van der Waals surface area contributed by atoms with Crippen molar-refractivity contribution in [2.45, 2.75) is 19.4 Å². The minimum absolute atomic E-state index is 0. The van der Waals surface area contributed by atoms with Crippen LogP contribution in [0.15, 0.2) is 17.4 Å². The van der Waals surface area contributed by atoms with Gasteiger partial charge in [-0.15, -0.1) is 24.0 Å². The maximum atomic E-state index is 5.97. The van der Waals surface area contributed by atoms with E-state index in [0.717, 1.165) is 57.3 Å². The van der Waals surface area contributed by atoms with E-state index in [1.54, 1.807) is 0 Å². The van der Waals surface area contributed by atoms with Crippen LogP contribution in [0.5, 0.6) is 0 Å². The fourth-order valence-corrected chi connectivity index (χ4v) is 3.70. The molecule has 160 valence electrons. The van der Waals surface area contributed by atoms with E-state index >= 15 is 0 Å². The smallest absolute Gasteiger partial charge is 0.194 e. The second kappa shape index (κ2) is 11.9. The largest absolute Gasteiger partial charge is 0.370 e. The van der Waals surface area contributed by atoms with Crippen LogP contribution in [0.1, 0.15) is 25.0 Å². The molecule has 28 heavy (non-hydrogen) atoms. The predicted molar refractivity (Wildman–Crippen MR) is 123 cm³/mol. The first kappa shape index (κ1) is 23.4. The number of hydrogen-bond acceptors (Lipinski definition) is 5. The van der Waals surface area contributed by atoms with Crippen LogP contribution in [0.3, 0.4) is 0 Å². The number of halogens is 1. The van der Waals surface area contributed by atoms with Crippen molar-refractivity contribution in [3.05, 3.63) is 18.0 Å². The van der Waals surface area contributed by atoms with Gasteiger partial charge in [0, 0.05) is 51.5 Å². The van der Waals surface area contributed by atoms with Gasteiger partial charge < -0.3 is 24.8 Å². The average molecular weight is 505 g/mol. The molecule has 0 aliphatic carbocycles. The number of rotatable bonds is 5. The molecule has 0 aromatic carbocycles. The van der Waals surface area contributed by atoms with E-state index < -0.39 is 0 Å². The van der Waals surface area contributed by atoms with Crippen molar-refractivity contribution >= 4 is 29.9 Å². The van der Waals surface area contributed by atoms with Crippen LogP contribution in [-0.4, -0.2) is 103 Å². The Morgan fingerprint density at radius 3 is 2.86 bits per heavy atom. The molecule has 1 aromatic rings. The zero-order valence-corrected chi connectivity index (χ0v) is 19.8. The standard InChI is InChI=1S/C19H35N7O.HI/c1-4-20-19(21-6-9-25-8-5-7-23(2)10-11-25)26-12-13-27-18(16-26)17-14-22-24(3)15-17;/h14-15,18H,4-13,16H2,1-3H3,(H,20,21);1H. The molecular weight excluding hydrogens is 469 g/mol. The first-order valence-electron chi connectivity index (χ1n) is 10.2. The predicted octanol–water partition coefficient (Wildman–Crippen LogP) is 1.01. The van der Waals surface area contributed by atoms with Crippen LogP contribution in [0, 0.1) is 0 Å². The Hall–Kier alpha value is -0.910. The second-order valence-corrected chi connectivity index (χ2v) is 7.49. The summed E-state index contributed by atoms with van der Waals surface area (Å²) in [5.74, 6) is 1.00. The highest BCUT2D eigenvalue weighted by Crippen LogP contribution is 2.21. The molecular formula is C19H36IN7O. The van der Waals surface area contributed by atoms with Crippen LogP contribution in [0.25, 0.3) is 0 Å². The summed E-state index contributed by atoms with van der Waals surface area (Å²) in [5.41, 5.74) is 1.13. The Balaban J connectivity index is 0.00000280. The Morgan fingerprint density at radius 1 is 1.25 bits per heavy atom. The van der Waals surface area contributed by atoms with Crippen LogP contribution in [-0.2, 0) is 11.8 Å². The molecule has 0 bridgehead atoms. The maximum Gasteiger partial charge on any atom is 0.194 e. The average Bonchev–Trinajstić information content (AvgIpc) is 3.00. The number of likely N-dealkylation sites (N-methyl/N-ethyl adjacent to an activating group) is 1. The van der Waals surface area contributed by atoms with Gasteiger partial charge in [0.15, 0.2) is 5.96 Å². The van der Waals surface area contributed by atoms with E-state index in [1.165, 1.54) is 19.5 Å². The highest BCUT2D eigenvalue weighted by atomic mass is 127. The molecule has 1 atom stereocenters. The Bertz CT molecular complexity index is 609. The molecule has 2 fully saturated rings. The first-order valence-corrected chi connectivity index (χ1v) is 10.2. The molecule has 1 aromatic heterocycles. The third-order valence-corrected chi connectivity index (χ3v) is 5.29. The second-order valence-electron chi connectivity index (χ2n) is 7.49. The molecule has 1 unspecified atom stereocenters. The fourth-order valence-electron chi connectivity index (χ4n) is 3.70. The number of nitrogens with zero attached hydrogens (tertiary/aromatic N) is 6. The molecule has 3 rings (SSSR count). The summed E-state index contributed by atoms with van der Waals surface area (Å²) < 4.78 is 7.80. The lowest BCUT2D eigenvalue weighted by Gasteiger charge is -2.35. The van der Waals surface area contributed by atoms with Crippen LogP contribution >= 0.6 is 24.0 Å². The lowest BCUT2D eigenvalue weighted by Crippen LogP contribution is -2.48. The van der Waals surface area contributed by atoms with Gasteiger partial charge in [-0.05, 0) is 33.5 Å². The van der Waals surface area contributed by atoms with Gasteiger partial charge in [0.1, 0.15) is 6.10 Å². The van der Waals surface area contributed by atoms with E-state index in [4.69, 9.17) is 9.73 Å². The number of morpholine rings is 1. The molecule has 0 radical (unpaired) electrons. The molecule has 8 nitrogen and oxygen atoms in total. The summed E-state index contributed by atoms with van der Waals surface area (Å²) in [7, 11) is 4.15. The zero-order chi connectivity index (χ0) is 19.1. The van der Waals surface area contributed by atoms with Crippen molar-refractivity contribution in [3.8, 4) is 0 Å². The molecule has 0 amide bonds. The summed E-state index contributed by atoms with van der Waals surface area (Å²) in [6.45, 7) is 11.9. The lowest BCUT2D eigenvalue weighted by molar-refractivity contribution is -0.00805. The van der Waals surface area contributed by atoms with Crippen molar-refractivity contribution < 1.29 is 4.74 Å². The van der Waals surface area contributed by atoms with E-state index in [9.17, 15) is 0 Å². The number of guanidine groups is 1. The van der Waals surface area contributed by atoms with Crippen molar-refractivity contribution in [1.29, 1.82) is 0 Å². The molecule has 2 aliphatic rings. The number of aliphatic imine (C=N–C) groups is 1. The molecule has 0 spiro atoms. The van der Waals surface area contributed by atoms with Gasteiger partial charge in [-0.25, -0.2) is 0 Å². The third-order valence-electron chi connectivity index (χ3n) is 5.29. The van der Waals surface area contributed by atoms with Crippen LogP contribution in [0.2, 0.25) is 0 Å². The topological polar surface area (TPSA) is 61.2 Å². The van der Waals surface area contributed by atoms with E-state index in [-0.39, 0.29) is 30.1 Å². The van der Waals surface area contributed by atoms with Gasteiger partial charge in [-0.1, -0.05) is 0 Å². The molecule has 0 saturated carbocycles. The Morgan fingerprint density at radius 2 is 2.11 bits per heavy atom. The summed E-state index contributed by atoms with van der Waals surface area (Å²) in [4.78, 5) is 12.2. The van der Waals surface area contributed by atoms with Gasteiger partial charge in [-0.3, -0.25) is 9.67 Å². The van der Waals surface area contributed by atoms with Crippen molar-refractivity contribution in [2.75, 3.05) is 72.6 Å². The quantitative estimate of drug-likeness (QED) is 0.367. The van der Waals surface area contributed by atoms with Crippen molar-refractivity contribution in [2.24, 2.45) is 12.0 Å². The SMILES string of the molecule is CCNC(=NCCN1CCCN(C)CC1)N1CCOC(c2cnn(C)c2)C1.I. The van der Waals surface area contributed by atoms with Gasteiger partial charge in [0.2, 0.25) is 0 Å². The third kappa shape index (κ3) is 6.85. The number of ether oxygens (including phenoxy) is 1. The summed E-state index contributed by atoms with van der Waals surface area (Å²) >= 11 is 0. The van der Waals surface area contributed by atoms with Crippen LogP contribution in [0.4, 0.5) is 0 Å². The van der Waals surface area contributed by atoms with Gasteiger partial charge >= 0.3 is 0 Å². The fraction of sp³-hybridized carbons (Fsp3) is 0.789. The number of aryl methyl sites for hydroxylation is 1. The minimum Gasteiger partial charge on any atom is -0.370 e. The zero-order valence-electron chi connectivity index (χ0n) is 17.5. The summed E-state index contributed by atoms with van der Waals surface area (Å²) in [6.07, 6.45) is 5.23. The molecule has 3 heterocycles. The van der Waals surface area contributed by atoms with Crippen molar-refractivity contribution in [3.63, 3.8) is 0 Å². The van der Waals surface area contributed by atoms with E-state index in [1.807, 2.05) is 24.1 Å². The summed E-state index contributed by atoms with van der Waals surface area (Å²) in [5, 5.41) is 7.74. The minimum atomic E-state index is 0. The molecule has 2 aliphatic heterocycles. The maximum absolute atomic E-state index is 5.97. The van der Waals surface area contributed by atoms with Gasteiger partial charge in [-0.2, -0.15) is 5.10 Å². The normalized spacial score (nSPS) is 22.6. The first-order chi connectivity index (χ1) is 13.2. The highest BCUT2D eigenvalue weighted by molar-refractivity contribution is 14.0. The summed E-state index contributed by atoms with van der Waals surface area (Å²) in [6, 6.07) is 0.